The van der Waals surface area contributed by atoms with Gasteiger partial charge in [0.05, 0.1) is 69.6 Å². The van der Waals surface area contributed by atoms with E-state index in [1.807, 2.05) is 0 Å². The van der Waals surface area contributed by atoms with Crippen molar-refractivity contribution in [2.45, 2.75) is 25.8 Å². The predicted octanol–water partition coefficient (Wildman–Crippen LogP) is 1.42. The lowest BCUT2D eigenvalue weighted by molar-refractivity contribution is -0.894. The Kier molecular flexibility index (Phi) is 8.08. The summed E-state index contributed by atoms with van der Waals surface area (Å²) in [6.07, 6.45) is -0.699. The lowest BCUT2D eigenvalue weighted by Gasteiger charge is -2.38. The number of nitrogens with one attached hydrogen (secondary N) is 1. The van der Waals surface area contributed by atoms with Crippen LogP contribution in [0.25, 0.3) is 10.2 Å². The van der Waals surface area contributed by atoms with Gasteiger partial charge in [0.15, 0.2) is 29.7 Å². The average Bonchev–Trinajstić information content (AvgIpc) is 3.49. The number of carbonyl (C=O) groups is 3. The maximum Gasteiger partial charge on any atom is 0.260 e. The number of amides is 2. The lowest BCUT2D eigenvalue weighted by atomic mass is 9.80. The summed E-state index contributed by atoms with van der Waals surface area (Å²) >= 11 is 1.30. The minimum absolute atomic E-state index is 0.00680. The lowest BCUT2D eigenvalue weighted by Crippen LogP contribution is -2.56. The Morgan fingerprint density at radius 2 is 1.71 bits per heavy atom. The zero-order valence-electron chi connectivity index (χ0n) is 23.6. The first-order valence-corrected chi connectivity index (χ1v) is 14.3. The Bertz CT molecular complexity index is 1520. The van der Waals surface area contributed by atoms with E-state index in [4.69, 9.17) is 9.47 Å². The van der Waals surface area contributed by atoms with E-state index in [0.29, 0.717) is 46.2 Å². The highest BCUT2D eigenvalue weighted by atomic mass is 32.1. The molecule has 1 aromatic heterocycles. The number of hydrogen-bond acceptors (Lipinski definition) is 8. The number of rotatable bonds is 9. The summed E-state index contributed by atoms with van der Waals surface area (Å²) in [5, 5.41) is 14.8. The molecule has 2 amide bonds. The third kappa shape index (κ3) is 6.16. The number of methoxy groups -OCH3 is 1. The molecule has 2 heterocycles. The summed E-state index contributed by atoms with van der Waals surface area (Å²) in [7, 11) is 5.77. The fourth-order valence-electron chi connectivity index (χ4n) is 5.55. The molecule has 2 aromatic carbocycles. The molecule has 224 valence electrons. The Hall–Kier alpha value is -3.84. The van der Waals surface area contributed by atoms with Gasteiger partial charge in [0.1, 0.15) is 5.01 Å². The highest BCUT2D eigenvalue weighted by Gasteiger charge is 2.44. The molecule has 1 fully saturated rings. The number of piperazine rings is 1. The Morgan fingerprint density at radius 3 is 2.31 bits per heavy atom. The fourth-order valence-corrected chi connectivity index (χ4v) is 6.47. The summed E-state index contributed by atoms with van der Waals surface area (Å²) in [6.45, 7) is 2.94. The van der Waals surface area contributed by atoms with Gasteiger partial charge in [-0.25, -0.2) is 13.8 Å². The summed E-state index contributed by atoms with van der Waals surface area (Å²) in [5.74, 6) is -3.41. The van der Waals surface area contributed by atoms with Crippen LogP contribution in [0.3, 0.4) is 0 Å². The Morgan fingerprint density at radius 1 is 1.07 bits per heavy atom. The molecule has 0 bridgehead atoms. The molecule has 2 aliphatic rings. The number of carboxylic acids is 1. The standard InChI is InChI=1S/C29H32F2N4O6S/c1-35(2)6-4-34(5-7-35)26(36)16-41-23-10-21-24(11-22(23)40-3)42-25(33-21)15-32-28(39)29(14-27(37)38)12-17-8-19(30)20(31)9-18(17)13-29/h8-11H,4-7,12-16H2,1-3H3,(H-,32,37,38,39). The van der Waals surface area contributed by atoms with Crippen molar-refractivity contribution in [1.29, 1.82) is 0 Å². The van der Waals surface area contributed by atoms with E-state index >= 15 is 0 Å². The normalized spacial score (nSPS) is 17.1. The van der Waals surface area contributed by atoms with Crippen molar-refractivity contribution in [3.63, 3.8) is 0 Å². The van der Waals surface area contributed by atoms with Crippen molar-refractivity contribution >= 4 is 39.3 Å². The molecule has 3 aromatic rings. The van der Waals surface area contributed by atoms with Crippen LogP contribution >= 0.6 is 11.3 Å². The predicted molar refractivity (Wildman–Crippen MR) is 148 cm³/mol. The number of benzene rings is 2. The number of carbonyl (C=O) groups excluding carboxylic acids is 3. The molecule has 1 aliphatic carbocycles. The zero-order valence-corrected chi connectivity index (χ0v) is 24.4. The van der Waals surface area contributed by atoms with Crippen molar-refractivity contribution in [2.24, 2.45) is 5.41 Å². The van der Waals surface area contributed by atoms with Crippen LogP contribution in [0, 0.1) is 17.0 Å². The number of quaternary nitrogens is 1. The van der Waals surface area contributed by atoms with Gasteiger partial charge in [-0.1, -0.05) is 0 Å². The molecular weight excluding hydrogens is 570 g/mol. The molecule has 0 radical (unpaired) electrons. The van der Waals surface area contributed by atoms with E-state index in [-0.39, 0.29) is 31.9 Å². The van der Waals surface area contributed by atoms with E-state index in [0.717, 1.165) is 34.4 Å². The first-order chi connectivity index (χ1) is 19.9. The number of ether oxygens (including phenoxy) is 2. The van der Waals surface area contributed by atoms with Gasteiger partial charge >= 0.3 is 0 Å². The van der Waals surface area contributed by atoms with Crippen LogP contribution < -0.4 is 19.9 Å². The third-order valence-electron chi connectivity index (χ3n) is 8.04. The summed E-state index contributed by atoms with van der Waals surface area (Å²) < 4.78 is 40.5. The molecule has 5 rings (SSSR count). The second-order valence-electron chi connectivity index (χ2n) is 11.5. The van der Waals surface area contributed by atoms with Crippen LogP contribution in [0.15, 0.2) is 24.3 Å². The van der Waals surface area contributed by atoms with Crippen molar-refractivity contribution in [3.8, 4) is 11.5 Å². The summed E-state index contributed by atoms with van der Waals surface area (Å²) in [6, 6.07) is 5.44. The van der Waals surface area contributed by atoms with Gasteiger partial charge in [-0.05, 0) is 36.1 Å². The smallest absolute Gasteiger partial charge is 0.260 e. The monoisotopic (exact) mass is 602 g/mol. The van der Waals surface area contributed by atoms with Crippen molar-refractivity contribution < 1.29 is 42.2 Å². The maximum absolute atomic E-state index is 13.8. The Labute approximate surface area is 245 Å². The van der Waals surface area contributed by atoms with Gasteiger partial charge in [-0.15, -0.1) is 11.3 Å². The molecule has 1 aliphatic heterocycles. The molecule has 0 unspecified atom stereocenters. The number of nitrogens with zero attached hydrogens (tertiary/aromatic N) is 3. The number of thiazole rings is 1. The molecule has 13 heteroatoms. The van der Waals surface area contributed by atoms with Gasteiger partial charge in [-0.2, -0.15) is 0 Å². The van der Waals surface area contributed by atoms with Crippen LogP contribution in [-0.4, -0.2) is 86.1 Å². The van der Waals surface area contributed by atoms with E-state index in [1.54, 1.807) is 17.0 Å². The molecular formula is C29H32F2N4O6S. The van der Waals surface area contributed by atoms with Gasteiger partial charge < -0.3 is 34.1 Å². The first kappa shape index (κ1) is 29.6. The maximum atomic E-state index is 13.8. The average molecular weight is 603 g/mol. The van der Waals surface area contributed by atoms with Crippen molar-refractivity contribution in [1.82, 2.24) is 15.2 Å². The molecule has 10 nitrogen and oxygen atoms in total. The van der Waals surface area contributed by atoms with E-state index in [2.05, 4.69) is 24.4 Å². The van der Waals surface area contributed by atoms with E-state index < -0.39 is 35.3 Å². The number of fused-ring (bicyclic) bond motifs is 2. The van der Waals surface area contributed by atoms with Crippen LogP contribution in [0.1, 0.15) is 22.6 Å². The topological polar surface area (TPSA) is 121 Å². The zero-order chi connectivity index (χ0) is 30.2. The highest BCUT2D eigenvalue weighted by molar-refractivity contribution is 7.18. The molecule has 42 heavy (non-hydrogen) atoms. The number of carboxylic acid groups (broad SMARTS) is 1. The summed E-state index contributed by atoms with van der Waals surface area (Å²) in [4.78, 5) is 43.9. The van der Waals surface area contributed by atoms with Crippen LogP contribution in [0.5, 0.6) is 11.5 Å². The number of aromatic nitrogens is 1. The quantitative estimate of drug-likeness (QED) is 0.368. The second kappa shape index (κ2) is 11.4. The molecule has 0 atom stereocenters. The van der Waals surface area contributed by atoms with Crippen LogP contribution in [-0.2, 0) is 33.8 Å². The third-order valence-corrected chi connectivity index (χ3v) is 9.06. The van der Waals surface area contributed by atoms with E-state index in [9.17, 15) is 28.3 Å². The minimum atomic E-state index is -1.43. The van der Waals surface area contributed by atoms with Gasteiger partial charge in [0.25, 0.3) is 5.91 Å². The van der Waals surface area contributed by atoms with Crippen molar-refractivity contribution in [2.75, 3.05) is 54.0 Å². The molecule has 0 saturated carbocycles. The van der Waals surface area contributed by atoms with E-state index in [1.165, 1.54) is 18.4 Å². The first-order valence-electron chi connectivity index (χ1n) is 13.5. The Balaban J connectivity index is 1.26. The van der Waals surface area contributed by atoms with Gasteiger partial charge in [0, 0.05) is 24.5 Å². The summed E-state index contributed by atoms with van der Waals surface area (Å²) in [5.41, 5.74) is -0.0654. The van der Waals surface area contributed by atoms with Gasteiger partial charge in [-0.3, -0.25) is 9.59 Å². The SMILES string of the molecule is COc1cc2sc(CNC(=O)C3(CC(=O)[O-])Cc4cc(F)c(F)cc4C3)nc2cc1OCC(=O)N1CC[N+](C)(C)CC1. The van der Waals surface area contributed by atoms with Gasteiger partial charge in [0.2, 0.25) is 5.91 Å². The number of aliphatic carboxylic acids is 1. The number of halogens is 2. The number of likely N-dealkylation sites (N-methyl/N-ethyl adjacent to an activating group) is 1. The largest absolute Gasteiger partial charge is 0.550 e. The highest BCUT2D eigenvalue weighted by Crippen LogP contribution is 2.41. The van der Waals surface area contributed by atoms with Crippen LogP contribution in [0.2, 0.25) is 0 Å². The second-order valence-corrected chi connectivity index (χ2v) is 12.6. The molecule has 0 spiro atoms. The number of hydrogen-bond donors (Lipinski definition) is 1. The fraction of sp³-hybridized carbons (Fsp3) is 0.448. The van der Waals surface area contributed by atoms with Crippen molar-refractivity contribution in [3.05, 3.63) is 52.0 Å². The minimum Gasteiger partial charge on any atom is -0.550 e. The molecule has 1 N–H and O–H groups in total. The molecule has 1 saturated heterocycles. The van der Waals surface area contributed by atoms with Crippen LogP contribution in [0.4, 0.5) is 8.78 Å².